The zero-order valence-corrected chi connectivity index (χ0v) is 23.9. The number of benzene rings is 2. The van der Waals surface area contributed by atoms with Crippen molar-refractivity contribution in [1.29, 1.82) is 5.41 Å². The molecule has 1 saturated heterocycles. The molecule has 1 fully saturated rings. The first kappa shape index (κ1) is 28.6. The number of nitrogens with one attached hydrogen (secondary N) is 3. The minimum absolute atomic E-state index is 0.0316. The third-order valence-corrected chi connectivity index (χ3v) is 9.26. The monoisotopic (exact) mass is 555 g/mol. The largest absolute Gasteiger partial charge is 0.487 e. The Kier molecular flexibility index (Phi) is 7.77. The van der Waals surface area contributed by atoms with Crippen LogP contribution in [0.25, 0.3) is 0 Å². The highest BCUT2D eigenvalue weighted by atomic mass is 32.2. The summed E-state index contributed by atoms with van der Waals surface area (Å²) in [6.45, 7) is 9.54. The molecular weight excluding hydrogens is 518 g/mol. The number of amidine groups is 1. The van der Waals surface area contributed by atoms with Gasteiger partial charge in [-0.1, -0.05) is 24.3 Å². The van der Waals surface area contributed by atoms with Crippen LogP contribution in [0.15, 0.2) is 29.2 Å². The highest BCUT2D eigenvalue weighted by Gasteiger charge is 2.38. The number of rotatable bonds is 8. The van der Waals surface area contributed by atoms with Crippen LogP contribution in [0.3, 0.4) is 0 Å². The molecule has 210 valence electrons. The van der Waals surface area contributed by atoms with Gasteiger partial charge in [0.1, 0.15) is 23.2 Å². The standard InChI is InChI=1S/C28H37N5O5S/c1-16-17(2)25(18(3)21-13-28(4,5)38-24(16)21)39(36,37)32-15-23(34)33-12-6-7-22(33)27(35)31-14-19-8-10-20(11-9-19)26(29)30/h8-11,22,32H,6-7,12-15H2,1-5H3,(H3,29,30)(H,31,35)/t22-/m0/s1. The lowest BCUT2D eigenvalue weighted by molar-refractivity contribution is -0.137. The summed E-state index contributed by atoms with van der Waals surface area (Å²) >= 11 is 0. The number of hydrogen-bond donors (Lipinski definition) is 4. The van der Waals surface area contributed by atoms with Crippen molar-refractivity contribution in [2.24, 2.45) is 5.73 Å². The fourth-order valence-corrected chi connectivity index (χ4v) is 6.97. The molecule has 2 aliphatic rings. The Morgan fingerprint density at radius 1 is 1.13 bits per heavy atom. The van der Waals surface area contributed by atoms with Crippen molar-refractivity contribution in [1.82, 2.24) is 14.9 Å². The van der Waals surface area contributed by atoms with E-state index in [0.29, 0.717) is 42.5 Å². The van der Waals surface area contributed by atoms with E-state index in [0.717, 1.165) is 22.4 Å². The van der Waals surface area contributed by atoms with Crippen LogP contribution in [0.4, 0.5) is 0 Å². The number of carbonyl (C=O) groups is 2. The quantitative estimate of drug-likeness (QED) is 0.289. The molecule has 2 aromatic carbocycles. The lowest BCUT2D eigenvalue weighted by Gasteiger charge is -2.24. The van der Waals surface area contributed by atoms with Crippen molar-refractivity contribution in [3.63, 3.8) is 0 Å². The normalized spacial score (nSPS) is 18.0. The molecule has 11 heteroatoms. The summed E-state index contributed by atoms with van der Waals surface area (Å²) in [4.78, 5) is 27.6. The Hall–Kier alpha value is -3.44. The molecule has 5 N–H and O–H groups in total. The summed E-state index contributed by atoms with van der Waals surface area (Å²) in [6.07, 6.45) is 1.76. The van der Waals surface area contributed by atoms with E-state index in [1.807, 2.05) is 20.8 Å². The summed E-state index contributed by atoms with van der Waals surface area (Å²) in [5, 5.41) is 10.3. The molecule has 0 spiro atoms. The van der Waals surface area contributed by atoms with Crippen molar-refractivity contribution in [2.45, 2.75) is 77.0 Å². The maximum Gasteiger partial charge on any atom is 0.243 e. The van der Waals surface area contributed by atoms with Crippen molar-refractivity contribution in [3.05, 3.63) is 57.6 Å². The molecule has 2 heterocycles. The molecule has 10 nitrogen and oxygen atoms in total. The SMILES string of the molecule is Cc1c(C)c(S(=O)(=O)NCC(=O)N2CCC[C@H]2C(=O)NCc2ccc(C(=N)N)cc2)c(C)c2c1OC(C)(C)C2. The van der Waals surface area contributed by atoms with Gasteiger partial charge >= 0.3 is 0 Å². The average Bonchev–Trinajstić information content (AvgIpc) is 3.49. The molecule has 0 unspecified atom stereocenters. The molecule has 0 saturated carbocycles. The van der Waals surface area contributed by atoms with Gasteiger partial charge in [-0.15, -0.1) is 0 Å². The summed E-state index contributed by atoms with van der Waals surface area (Å²) in [5.74, 6) is -0.0238. The van der Waals surface area contributed by atoms with Gasteiger partial charge in [0.25, 0.3) is 0 Å². The Balaban J connectivity index is 1.42. The second kappa shape index (κ2) is 10.6. The molecule has 4 rings (SSSR count). The number of amides is 2. The number of nitrogens with zero attached hydrogens (tertiary/aromatic N) is 1. The minimum atomic E-state index is -4.00. The first-order chi connectivity index (χ1) is 18.2. The summed E-state index contributed by atoms with van der Waals surface area (Å²) in [5.41, 5.74) is 9.37. The molecule has 2 aromatic rings. The van der Waals surface area contributed by atoms with E-state index in [-0.39, 0.29) is 23.2 Å². The summed E-state index contributed by atoms with van der Waals surface area (Å²) < 4.78 is 35.4. The number of likely N-dealkylation sites (tertiary alicyclic amines) is 1. The topological polar surface area (TPSA) is 155 Å². The molecule has 0 aromatic heterocycles. The number of fused-ring (bicyclic) bond motifs is 1. The molecule has 2 aliphatic heterocycles. The zero-order valence-electron chi connectivity index (χ0n) is 23.1. The summed E-state index contributed by atoms with van der Waals surface area (Å²) in [6, 6.07) is 6.31. The fraction of sp³-hybridized carbons (Fsp3) is 0.464. The fourth-order valence-electron chi connectivity index (χ4n) is 5.43. The molecule has 39 heavy (non-hydrogen) atoms. The third kappa shape index (κ3) is 5.79. The molecule has 2 amide bonds. The van der Waals surface area contributed by atoms with Gasteiger partial charge in [0.15, 0.2) is 0 Å². The van der Waals surface area contributed by atoms with Gasteiger partial charge < -0.3 is 20.7 Å². The van der Waals surface area contributed by atoms with E-state index in [9.17, 15) is 18.0 Å². The Morgan fingerprint density at radius 3 is 2.44 bits per heavy atom. The van der Waals surface area contributed by atoms with Crippen molar-refractivity contribution >= 4 is 27.7 Å². The van der Waals surface area contributed by atoms with E-state index in [2.05, 4.69) is 10.0 Å². The van der Waals surface area contributed by atoms with Gasteiger partial charge in [-0.25, -0.2) is 13.1 Å². The van der Waals surface area contributed by atoms with Crippen LogP contribution in [0.1, 0.15) is 60.1 Å². The van der Waals surface area contributed by atoms with Crippen LogP contribution < -0.4 is 20.5 Å². The van der Waals surface area contributed by atoms with Crippen LogP contribution in [0.2, 0.25) is 0 Å². The highest BCUT2D eigenvalue weighted by Crippen LogP contribution is 2.43. The predicted molar refractivity (Wildman–Crippen MR) is 148 cm³/mol. The number of sulfonamides is 1. The van der Waals surface area contributed by atoms with Gasteiger partial charge in [-0.05, 0) is 69.7 Å². The van der Waals surface area contributed by atoms with Gasteiger partial charge in [-0.3, -0.25) is 15.0 Å². The zero-order chi connectivity index (χ0) is 28.7. The maximum atomic E-state index is 13.4. The summed E-state index contributed by atoms with van der Waals surface area (Å²) in [7, 11) is -4.00. The number of nitrogens with two attached hydrogens (primary N) is 1. The van der Waals surface area contributed by atoms with Gasteiger partial charge in [0.2, 0.25) is 21.8 Å². The number of carbonyl (C=O) groups excluding carboxylic acids is 2. The van der Waals surface area contributed by atoms with Crippen LogP contribution in [-0.2, 0) is 32.6 Å². The third-order valence-electron chi connectivity index (χ3n) is 7.58. The number of nitrogen functional groups attached to an aromatic ring is 1. The lowest BCUT2D eigenvalue weighted by atomic mass is 9.94. The van der Waals surface area contributed by atoms with E-state index in [4.69, 9.17) is 15.9 Å². The first-order valence-corrected chi connectivity index (χ1v) is 14.5. The van der Waals surface area contributed by atoms with Crippen LogP contribution in [-0.4, -0.2) is 55.7 Å². The Bertz CT molecular complexity index is 1430. The maximum absolute atomic E-state index is 13.4. The highest BCUT2D eigenvalue weighted by molar-refractivity contribution is 7.89. The Morgan fingerprint density at radius 2 is 1.79 bits per heavy atom. The average molecular weight is 556 g/mol. The molecule has 1 atom stereocenters. The van der Waals surface area contributed by atoms with Crippen LogP contribution in [0.5, 0.6) is 5.75 Å². The smallest absolute Gasteiger partial charge is 0.243 e. The molecule has 0 bridgehead atoms. The van der Waals surface area contributed by atoms with Gasteiger partial charge in [0, 0.05) is 30.6 Å². The predicted octanol–water partition coefficient (Wildman–Crippen LogP) is 2.20. The Labute approximate surface area is 229 Å². The van der Waals surface area contributed by atoms with E-state index in [1.54, 1.807) is 38.1 Å². The number of hydrogen-bond acceptors (Lipinski definition) is 6. The van der Waals surface area contributed by atoms with Gasteiger partial charge in [0.05, 0.1) is 11.4 Å². The van der Waals surface area contributed by atoms with Crippen molar-refractivity contribution < 1.29 is 22.7 Å². The second-order valence-corrected chi connectivity index (χ2v) is 12.7. The molecule has 0 radical (unpaired) electrons. The molecule has 0 aliphatic carbocycles. The molecular formula is C28H37N5O5S. The minimum Gasteiger partial charge on any atom is -0.487 e. The van der Waals surface area contributed by atoms with E-state index in [1.165, 1.54) is 4.90 Å². The van der Waals surface area contributed by atoms with Gasteiger partial charge in [-0.2, -0.15) is 0 Å². The van der Waals surface area contributed by atoms with Crippen molar-refractivity contribution in [2.75, 3.05) is 13.1 Å². The lowest BCUT2D eigenvalue weighted by Crippen LogP contribution is -2.48. The van der Waals surface area contributed by atoms with Crippen LogP contribution in [0, 0.1) is 26.2 Å². The van der Waals surface area contributed by atoms with Crippen LogP contribution >= 0.6 is 0 Å². The first-order valence-electron chi connectivity index (χ1n) is 13.0. The second-order valence-electron chi connectivity index (χ2n) is 10.9. The van der Waals surface area contributed by atoms with Crippen molar-refractivity contribution in [3.8, 4) is 5.75 Å². The van der Waals surface area contributed by atoms with E-state index >= 15 is 0 Å². The number of ether oxygens (including phenoxy) is 1. The van der Waals surface area contributed by atoms with E-state index < -0.39 is 34.1 Å².